The van der Waals surface area contributed by atoms with E-state index in [0.29, 0.717) is 17.9 Å². The number of nitrogens with zero attached hydrogens (tertiary/aromatic N) is 4. The molecule has 32 heavy (non-hydrogen) atoms. The van der Waals surface area contributed by atoms with Crippen LogP contribution in [0.2, 0.25) is 0 Å². The van der Waals surface area contributed by atoms with Crippen molar-refractivity contribution in [1.29, 1.82) is 0 Å². The van der Waals surface area contributed by atoms with E-state index in [-0.39, 0.29) is 9.79 Å². The van der Waals surface area contributed by atoms with E-state index < -0.39 is 20.0 Å². The molecule has 0 amide bonds. The molecule has 1 N–H and O–H groups in total. The minimum Gasteiger partial charge on any atom is -0.367 e. The summed E-state index contributed by atoms with van der Waals surface area (Å²) in [5.41, 5.74) is 1.97. The van der Waals surface area contributed by atoms with Crippen LogP contribution in [-0.4, -0.2) is 51.8 Å². The normalized spacial score (nSPS) is 12.2. The fourth-order valence-electron chi connectivity index (χ4n) is 3.09. The number of sulfonamides is 2. The molecular formula is C21H27N5O4S2. The maximum absolute atomic E-state index is 13.0. The highest BCUT2D eigenvalue weighted by Crippen LogP contribution is 2.28. The number of benzene rings is 2. The van der Waals surface area contributed by atoms with E-state index >= 15 is 0 Å². The lowest BCUT2D eigenvalue weighted by Gasteiger charge is -2.22. The molecule has 0 saturated carbocycles. The Balaban J connectivity index is 1.84. The number of aryl methyl sites for hydroxylation is 1. The third kappa shape index (κ3) is 5.12. The van der Waals surface area contributed by atoms with E-state index in [9.17, 15) is 16.8 Å². The third-order valence-corrected chi connectivity index (χ3v) is 8.13. The molecule has 3 rings (SSSR count). The molecule has 0 spiro atoms. The molecule has 0 unspecified atom stereocenters. The lowest BCUT2D eigenvalue weighted by molar-refractivity contribution is 0.520. The molecule has 0 radical (unpaired) electrons. The standard InChI is InChI=1S/C21H27N5O4S2/c1-5-26-15-17(22-16-26)14-25(4)21-9-7-6-8-20(21)23-31(27,28)18-10-12-19(13-11-18)32(29,30)24(2)3/h6-13,15-16,23H,5,14H2,1-4H3. The first-order chi connectivity index (χ1) is 15.0. The lowest BCUT2D eigenvalue weighted by Crippen LogP contribution is -2.22. The van der Waals surface area contributed by atoms with Gasteiger partial charge in [-0.1, -0.05) is 12.1 Å². The van der Waals surface area contributed by atoms with Crippen LogP contribution in [0.4, 0.5) is 11.4 Å². The Morgan fingerprint density at radius 1 is 0.938 bits per heavy atom. The van der Waals surface area contributed by atoms with Crippen molar-refractivity contribution in [3.05, 3.63) is 66.7 Å². The second kappa shape index (κ2) is 9.31. The molecular weight excluding hydrogens is 450 g/mol. The van der Waals surface area contributed by atoms with Crippen LogP contribution in [0, 0.1) is 0 Å². The Kier molecular flexibility index (Phi) is 6.91. The predicted octanol–water partition coefficient (Wildman–Crippen LogP) is 2.59. The zero-order chi connectivity index (χ0) is 23.5. The molecule has 1 aromatic heterocycles. The fourth-order valence-corrected chi connectivity index (χ4v) is 5.06. The number of rotatable bonds is 9. The highest BCUT2D eigenvalue weighted by Gasteiger charge is 2.21. The first-order valence-corrected chi connectivity index (χ1v) is 12.8. The summed E-state index contributed by atoms with van der Waals surface area (Å²) in [7, 11) is -2.87. The van der Waals surface area contributed by atoms with Crippen molar-refractivity contribution in [2.75, 3.05) is 30.8 Å². The van der Waals surface area contributed by atoms with Gasteiger partial charge in [0.25, 0.3) is 10.0 Å². The summed E-state index contributed by atoms with van der Waals surface area (Å²) in [4.78, 5) is 6.27. The van der Waals surface area contributed by atoms with E-state index in [1.165, 1.54) is 38.4 Å². The van der Waals surface area contributed by atoms with Crippen LogP contribution < -0.4 is 9.62 Å². The van der Waals surface area contributed by atoms with Gasteiger partial charge in [-0.15, -0.1) is 0 Å². The van der Waals surface area contributed by atoms with Gasteiger partial charge in [-0.2, -0.15) is 0 Å². The van der Waals surface area contributed by atoms with Gasteiger partial charge in [0.2, 0.25) is 10.0 Å². The Bertz CT molecular complexity index is 1280. The van der Waals surface area contributed by atoms with Gasteiger partial charge in [0.1, 0.15) is 0 Å². The quantitative estimate of drug-likeness (QED) is 0.508. The van der Waals surface area contributed by atoms with E-state index in [1.54, 1.807) is 18.5 Å². The van der Waals surface area contributed by atoms with Crippen LogP contribution in [0.1, 0.15) is 12.6 Å². The topological polar surface area (TPSA) is 105 Å². The number of anilines is 2. The molecule has 3 aromatic rings. The fraction of sp³-hybridized carbons (Fsp3) is 0.286. The van der Waals surface area contributed by atoms with Gasteiger partial charge < -0.3 is 9.47 Å². The van der Waals surface area contributed by atoms with E-state index in [0.717, 1.165) is 16.5 Å². The summed E-state index contributed by atoms with van der Waals surface area (Å²) >= 11 is 0. The highest BCUT2D eigenvalue weighted by molar-refractivity contribution is 7.92. The molecule has 0 atom stereocenters. The summed E-state index contributed by atoms with van der Waals surface area (Å²) in [6, 6.07) is 12.2. The number of aromatic nitrogens is 2. The molecule has 0 bridgehead atoms. The van der Waals surface area contributed by atoms with Crippen LogP contribution in [0.15, 0.2) is 70.8 Å². The zero-order valence-corrected chi connectivity index (χ0v) is 20.1. The molecule has 0 aliphatic rings. The number of nitrogens with one attached hydrogen (secondary N) is 1. The molecule has 1 heterocycles. The summed E-state index contributed by atoms with van der Waals surface area (Å²) in [5.74, 6) is 0. The van der Waals surface area contributed by atoms with Gasteiger partial charge >= 0.3 is 0 Å². The van der Waals surface area contributed by atoms with E-state index in [4.69, 9.17) is 0 Å². The Labute approximate surface area is 189 Å². The number of para-hydroxylation sites is 2. The first-order valence-electron chi connectivity index (χ1n) is 9.91. The predicted molar refractivity (Wildman–Crippen MR) is 125 cm³/mol. The summed E-state index contributed by atoms with van der Waals surface area (Å²) in [6.07, 6.45) is 3.71. The van der Waals surface area contributed by atoms with Crippen LogP contribution >= 0.6 is 0 Å². The number of imidazole rings is 1. The lowest BCUT2D eigenvalue weighted by atomic mass is 10.2. The Morgan fingerprint density at radius 2 is 1.56 bits per heavy atom. The van der Waals surface area contributed by atoms with Gasteiger partial charge in [0, 0.05) is 33.9 Å². The minimum atomic E-state index is -3.93. The Morgan fingerprint density at radius 3 is 2.16 bits per heavy atom. The van der Waals surface area contributed by atoms with Gasteiger partial charge in [-0.3, -0.25) is 4.72 Å². The molecule has 0 fully saturated rings. The minimum absolute atomic E-state index is 0.0214. The average molecular weight is 478 g/mol. The summed E-state index contributed by atoms with van der Waals surface area (Å²) in [5, 5.41) is 0. The molecule has 9 nitrogen and oxygen atoms in total. The van der Waals surface area contributed by atoms with Crippen molar-refractivity contribution in [3.63, 3.8) is 0 Å². The van der Waals surface area contributed by atoms with Gasteiger partial charge in [0.05, 0.1) is 39.7 Å². The maximum atomic E-state index is 13.0. The van der Waals surface area contributed by atoms with E-state index in [2.05, 4.69) is 9.71 Å². The van der Waals surface area contributed by atoms with Crippen molar-refractivity contribution in [2.24, 2.45) is 0 Å². The summed E-state index contributed by atoms with van der Waals surface area (Å²) in [6.45, 7) is 3.35. The second-order valence-electron chi connectivity index (χ2n) is 7.43. The number of hydrogen-bond acceptors (Lipinski definition) is 6. The number of hydrogen-bond donors (Lipinski definition) is 1. The molecule has 0 aliphatic carbocycles. The van der Waals surface area contributed by atoms with E-state index in [1.807, 2.05) is 41.8 Å². The average Bonchev–Trinajstić information content (AvgIpc) is 3.21. The first kappa shape index (κ1) is 23.8. The van der Waals surface area contributed by atoms with Crippen molar-refractivity contribution in [1.82, 2.24) is 13.9 Å². The molecule has 2 aromatic carbocycles. The zero-order valence-electron chi connectivity index (χ0n) is 18.4. The largest absolute Gasteiger partial charge is 0.367 e. The van der Waals surface area contributed by atoms with Crippen molar-refractivity contribution in [3.8, 4) is 0 Å². The SMILES string of the molecule is CCn1cnc(CN(C)c2ccccc2NS(=O)(=O)c2ccc(S(=O)(=O)N(C)C)cc2)c1. The van der Waals surface area contributed by atoms with Crippen LogP contribution in [-0.2, 0) is 33.1 Å². The van der Waals surface area contributed by atoms with Crippen LogP contribution in [0.5, 0.6) is 0 Å². The summed E-state index contributed by atoms with van der Waals surface area (Å²) < 4.78 is 56.0. The van der Waals surface area contributed by atoms with Crippen molar-refractivity contribution in [2.45, 2.75) is 29.8 Å². The third-order valence-electron chi connectivity index (χ3n) is 4.92. The van der Waals surface area contributed by atoms with Crippen molar-refractivity contribution < 1.29 is 16.8 Å². The highest BCUT2D eigenvalue weighted by atomic mass is 32.2. The van der Waals surface area contributed by atoms with Crippen molar-refractivity contribution >= 4 is 31.4 Å². The maximum Gasteiger partial charge on any atom is 0.261 e. The van der Waals surface area contributed by atoms with Gasteiger partial charge in [-0.05, 0) is 43.3 Å². The second-order valence-corrected chi connectivity index (χ2v) is 11.3. The van der Waals surface area contributed by atoms with Crippen LogP contribution in [0.3, 0.4) is 0 Å². The molecule has 0 saturated heterocycles. The monoisotopic (exact) mass is 477 g/mol. The molecule has 172 valence electrons. The van der Waals surface area contributed by atoms with Gasteiger partial charge in [-0.25, -0.2) is 26.1 Å². The Hall–Kier alpha value is -2.89. The molecule has 11 heteroatoms. The van der Waals surface area contributed by atoms with Crippen LogP contribution in [0.25, 0.3) is 0 Å². The van der Waals surface area contributed by atoms with Gasteiger partial charge in [0.15, 0.2) is 0 Å². The smallest absolute Gasteiger partial charge is 0.261 e. The molecule has 0 aliphatic heterocycles.